The Morgan fingerprint density at radius 2 is 2.00 bits per heavy atom. The predicted molar refractivity (Wildman–Crippen MR) is 109 cm³/mol. The van der Waals surface area contributed by atoms with Crippen LogP contribution in [0.25, 0.3) is 22.4 Å². The zero-order valence-electron chi connectivity index (χ0n) is 15.5. The number of fused-ring (bicyclic) bond motifs is 2. The fourth-order valence-electron chi connectivity index (χ4n) is 3.95. The summed E-state index contributed by atoms with van der Waals surface area (Å²) in [6, 6.07) is 12.3. The fourth-order valence-corrected chi connectivity index (χ4v) is 3.95. The lowest BCUT2D eigenvalue weighted by Crippen LogP contribution is -2.25. The van der Waals surface area contributed by atoms with Crippen molar-refractivity contribution < 1.29 is 0 Å². The van der Waals surface area contributed by atoms with E-state index in [1.54, 1.807) is 10.8 Å². The van der Waals surface area contributed by atoms with Crippen LogP contribution in [0.15, 0.2) is 53.6 Å². The van der Waals surface area contributed by atoms with Crippen LogP contribution in [0.2, 0.25) is 0 Å². The number of pyridine rings is 1. The van der Waals surface area contributed by atoms with E-state index in [9.17, 15) is 4.79 Å². The van der Waals surface area contributed by atoms with Crippen LogP contribution in [0.1, 0.15) is 37.2 Å². The molecule has 0 radical (unpaired) electrons. The molecule has 3 heterocycles. The third kappa shape index (κ3) is 2.59. The van der Waals surface area contributed by atoms with E-state index in [1.165, 1.54) is 31.2 Å². The molecular formula is C22H21N5O. The summed E-state index contributed by atoms with van der Waals surface area (Å²) in [6.07, 6.45) is 8.61. The third-order valence-electron chi connectivity index (χ3n) is 5.86. The number of hydrogen-bond acceptors (Lipinski definition) is 4. The molecule has 28 heavy (non-hydrogen) atoms. The van der Waals surface area contributed by atoms with E-state index in [0.717, 1.165) is 28.9 Å². The number of anilines is 1. The molecule has 140 valence electrons. The van der Waals surface area contributed by atoms with Crippen LogP contribution >= 0.6 is 0 Å². The molecule has 0 atom stereocenters. The van der Waals surface area contributed by atoms with Crippen molar-refractivity contribution in [3.05, 3.63) is 64.8 Å². The van der Waals surface area contributed by atoms with Crippen LogP contribution < -0.4 is 11.0 Å². The van der Waals surface area contributed by atoms with Gasteiger partial charge in [0.1, 0.15) is 17.3 Å². The van der Waals surface area contributed by atoms with Gasteiger partial charge in [-0.25, -0.2) is 14.3 Å². The Kier molecular flexibility index (Phi) is 3.36. The van der Waals surface area contributed by atoms with Gasteiger partial charge in [-0.3, -0.25) is 4.40 Å². The Morgan fingerprint density at radius 3 is 2.82 bits per heavy atom. The van der Waals surface area contributed by atoms with Gasteiger partial charge in [0.2, 0.25) is 0 Å². The second-order valence-corrected chi connectivity index (χ2v) is 7.99. The summed E-state index contributed by atoms with van der Waals surface area (Å²) < 4.78 is 3.65. The van der Waals surface area contributed by atoms with Crippen molar-refractivity contribution in [2.75, 3.05) is 11.9 Å². The largest absolute Gasteiger partial charge is 0.369 e. The summed E-state index contributed by atoms with van der Waals surface area (Å²) >= 11 is 0. The van der Waals surface area contributed by atoms with Gasteiger partial charge in [0.15, 0.2) is 0 Å². The van der Waals surface area contributed by atoms with Crippen molar-refractivity contribution in [2.24, 2.45) is 5.92 Å². The van der Waals surface area contributed by atoms with E-state index >= 15 is 0 Å². The lowest BCUT2D eigenvalue weighted by molar-refractivity contribution is 0.865. The third-order valence-corrected chi connectivity index (χ3v) is 5.86. The molecule has 2 fully saturated rings. The first-order valence-corrected chi connectivity index (χ1v) is 10.0. The van der Waals surface area contributed by atoms with Crippen molar-refractivity contribution in [3.8, 4) is 5.82 Å². The summed E-state index contributed by atoms with van der Waals surface area (Å²) in [6.45, 7) is 0.882. The molecule has 0 spiro atoms. The fraction of sp³-hybridized carbons (Fsp3) is 0.318. The van der Waals surface area contributed by atoms with Crippen molar-refractivity contribution >= 4 is 22.4 Å². The Morgan fingerprint density at radius 1 is 1.11 bits per heavy atom. The smallest absolute Gasteiger partial charge is 0.355 e. The predicted octanol–water partition coefficient (Wildman–Crippen LogP) is 3.73. The first-order chi connectivity index (χ1) is 13.8. The monoisotopic (exact) mass is 371 g/mol. The van der Waals surface area contributed by atoms with Gasteiger partial charge in [0, 0.05) is 24.3 Å². The van der Waals surface area contributed by atoms with Crippen LogP contribution in [0.4, 0.5) is 5.82 Å². The second kappa shape index (κ2) is 5.92. The molecule has 3 aromatic heterocycles. The molecular weight excluding hydrogens is 350 g/mol. The van der Waals surface area contributed by atoms with Gasteiger partial charge in [0.25, 0.3) is 0 Å². The molecule has 6 nitrogen and oxygen atoms in total. The average Bonchev–Trinajstić information content (AvgIpc) is 3.64. The number of rotatable bonds is 5. The highest BCUT2D eigenvalue weighted by atomic mass is 16.1. The SMILES string of the molecule is O=c1nc(NCC2CC2)c2ccc(C3CC3)cc2n1-c1cccc2nccn12. The number of aromatic nitrogens is 4. The summed E-state index contributed by atoms with van der Waals surface area (Å²) in [5.41, 5.74) is 2.76. The number of benzene rings is 1. The van der Waals surface area contributed by atoms with Gasteiger partial charge in [-0.2, -0.15) is 4.98 Å². The van der Waals surface area contributed by atoms with E-state index in [-0.39, 0.29) is 5.69 Å². The summed E-state index contributed by atoms with van der Waals surface area (Å²) in [7, 11) is 0. The molecule has 1 N–H and O–H groups in total. The quantitative estimate of drug-likeness (QED) is 0.581. The maximum atomic E-state index is 13.2. The van der Waals surface area contributed by atoms with Gasteiger partial charge in [0.05, 0.1) is 5.52 Å². The van der Waals surface area contributed by atoms with E-state index in [2.05, 4.69) is 33.5 Å². The minimum atomic E-state index is -0.264. The van der Waals surface area contributed by atoms with Crippen molar-refractivity contribution in [1.82, 2.24) is 18.9 Å². The topological polar surface area (TPSA) is 64.2 Å². The van der Waals surface area contributed by atoms with E-state index in [4.69, 9.17) is 0 Å². The highest BCUT2D eigenvalue weighted by Gasteiger charge is 2.25. The Labute approximate surface area is 161 Å². The first kappa shape index (κ1) is 15.9. The van der Waals surface area contributed by atoms with Crippen LogP contribution in [0, 0.1) is 5.92 Å². The van der Waals surface area contributed by atoms with Gasteiger partial charge in [-0.1, -0.05) is 12.1 Å². The number of nitrogens with one attached hydrogen (secondary N) is 1. The van der Waals surface area contributed by atoms with Crippen LogP contribution in [0.5, 0.6) is 0 Å². The molecule has 0 amide bonds. The highest BCUT2D eigenvalue weighted by molar-refractivity contribution is 5.91. The molecule has 0 aliphatic heterocycles. The summed E-state index contributed by atoms with van der Waals surface area (Å²) in [5, 5.41) is 4.41. The Hall–Kier alpha value is -3.15. The minimum absolute atomic E-state index is 0.264. The zero-order valence-corrected chi connectivity index (χ0v) is 15.5. The summed E-state index contributed by atoms with van der Waals surface area (Å²) in [4.78, 5) is 21.9. The van der Waals surface area contributed by atoms with Crippen LogP contribution in [0.3, 0.4) is 0 Å². The normalized spacial score (nSPS) is 16.7. The molecule has 6 heteroatoms. The maximum Gasteiger partial charge on any atom is 0.355 e. The number of hydrogen-bond donors (Lipinski definition) is 1. The molecule has 1 aromatic carbocycles. The average molecular weight is 371 g/mol. The van der Waals surface area contributed by atoms with Crippen LogP contribution in [-0.4, -0.2) is 25.5 Å². The van der Waals surface area contributed by atoms with Gasteiger partial charge >= 0.3 is 5.69 Å². The van der Waals surface area contributed by atoms with Crippen LogP contribution in [-0.2, 0) is 0 Å². The van der Waals surface area contributed by atoms with E-state index < -0.39 is 0 Å². The molecule has 0 unspecified atom stereocenters. The van der Waals surface area contributed by atoms with Crippen molar-refractivity contribution in [3.63, 3.8) is 0 Å². The zero-order chi connectivity index (χ0) is 18.7. The van der Waals surface area contributed by atoms with Crippen molar-refractivity contribution in [2.45, 2.75) is 31.6 Å². The Bertz CT molecular complexity index is 1260. The summed E-state index contributed by atoms with van der Waals surface area (Å²) in [5.74, 6) is 2.79. The lowest BCUT2D eigenvalue weighted by atomic mass is 10.1. The number of nitrogens with zero attached hydrogens (tertiary/aromatic N) is 4. The maximum absolute atomic E-state index is 13.2. The van der Waals surface area contributed by atoms with E-state index in [1.807, 2.05) is 28.8 Å². The van der Waals surface area contributed by atoms with Crippen molar-refractivity contribution in [1.29, 1.82) is 0 Å². The molecule has 2 aliphatic carbocycles. The van der Waals surface area contributed by atoms with E-state index in [0.29, 0.717) is 17.7 Å². The van der Waals surface area contributed by atoms with Gasteiger partial charge in [-0.05, 0) is 67.3 Å². The lowest BCUT2D eigenvalue weighted by Gasteiger charge is -2.16. The molecule has 2 aliphatic rings. The highest BCUT2D eigenvalue weighted by Crippen LogP contribution is 2.41. The first-order valence-electron chi connectivity index (χ1n) is 10.0. The molecule has 2 saturated carbocycles. The van der Waals surface area contributed by atoms with Gasteiger partial charge < -0.3 is 5.32 Å². The molecule has 0 saturated heterocycles. The minimum Gasteiger partial charge on any atom is -0.369 e. The molecule has 4 aromatic rings. The molecule has 0 bridgehead atoms. The Balaban J connectivity index is 1.61. The standard InChI is InChI=1S/C22H21N5O/c28-22-25-21(24-13-14-4-5-14)17-9-8-16(15-6-7-15)12-18(17)27(22)20-3-1-2-19-23-10-11-26(19)20/h1-3,8-12,14-15H,4-7,13H2,(H,24,25,28). The number of imidazole rings is 1. The molecule has 6 rings (SSSR count). The second-order valence-electron chi connectivity index (χ2n) is 7.99. The van der Waals surface area contributed by atoms with Gasteiger partial charge in [-0.15, -0.1) is 0 Å².